The molecule has 0 saturated heterocycles. The first-order valence-corrected chi connectivity index (χ1v) is 7.50. The molecule has 0 heterocycles. The molecule has 0 bridgehead atoms. The van der Waals surface area contributed by atoms with Crippen molar-refractivity contribution >= 4 is 17.8 Å². The second-order valence-corrected chi connectivity index (χ2v) is 6.66. The molecule has 2 amide bonds. The van der Waals surface area contributed by atoms with Crippen molar-refractivity contribution in [2.75, 3.05) is 6.54 Å². The zero-order valence-electron chi connectivity index (χ0n) is 13.8. The van der Waals surface area contributed by atoms with Crippen LogP contribution in [-0.2, 0) is 20.8 Å². The molecule has 6 nitrogen and oxygen atoms in total. The van der Waals surface area contributed by atoms with Crippen LogP contribution >= 0.6 is 0 Å². The number of aliphatic carboxylic acids is 1. The summed E-state index contributed by atoms with van der Waals surface area (Å²) >= 11 is 0. The van der Waals surface area contributed by atoms with Gasteiger partial charge < -0.3 is 15.7 Å². The highest BCUT2D eigenvalue weighted by Gasteiger charge is 2.21. The van der Waals surface area contributed by atoms with Crippen molar-refractivity contribution in [3.63, 3.8) is 0 Å². The molecule has 0 radical (unpaired) electrons. The summed E-state index contributed by atoms with van der Waals surface area (Å²) < 4.78 is 0. The van der Waals surface area contributed by atoms with Gasteiger partial charge in [-0.15, -0.1) is 0 Å². The van der Waals surface area contributed by atoms with Crippen molar-refractivity contribution in [2.24, 2.45) is 5.41 Å². The summed E-state index contributed by atoms with van der Waals surface area (Å²) in [6.07, 6.45) is 0.491. The van der Waals surface area contributed by atoms with Gasteiger partial charge in [0.25, 0.3) is 0 Å². The number of benzene rings is 1. The van der Waals surface area contributed by atoms with E-state index >= 15 is 0 Å². The topological polar surface area (TPSA) is 95.5 Å². The summed E-state index contributed by atoms with van der Waals surface area (Å²) in [7, 11) is 0. The Morgan fingerprint density at radius 1 is 1.09 bits per heavy atom. The lowest BCUT2D eigenvalue weighted by atomic mass is 9.92. The van der Waals surface area contributed by atoms with Crippen LogP contribution in [0.2, 0.25) is 0 Å². The SMILES string of the molecule is CC(C)(C)CC(=O)NCC(=O)N[C@H](Cc1ccccc1)C(=O)O. The minimum Gasteiger partial charge on any atom is -0.480 e. The van der Waals surface area contributed by atoms with Gasteiger partial charge in [0.1, 0.15) is 6.04 Å². The van der Waals surface area contributed by atoms with Crippen molar-refractivity contribution in [3.8, 4) is 0 Å². The summed E-state index contributed by atoms with van der Waals surface area (Å²) in [5, 5.41) is 14.1. The van der Waals surface area contributed by atoms with Crippen LogP contribution < -0.4 is 10.6 Å². The first-order chi connectivity index (χ1) is 10.7. The highest BCUT2D eigenvalue weighted by atomic mass is 16.4. The Balaban J connectivity index is 2.49. The zero-order chi connectivity index (χ0) is 17.5. The van der Waals surface area contributed by atoms with Crippen LogP contribution in [0, 0.1) is 5.41 Å². The lowest BCUT2D eigenvalue weighted by molar-refractivity contribution is -0.141. The Hall–Kier alpha value is -2.37. The first-order valence-electron chi connectivity index (χ1n) is 7.50. The maximum absolute atomic E-state index is 11.8. The van der Waals surface area contributed by atoms with Crippen molar-refractivity contribution in [1.29, 1.82) is 0 Å². The number of hydrogen-bond donors (Lipinski definition) is 3. The van der Waals surface area contributed by atoms with Gasteiger partial charge >= 0.3 is 5.97 Å². The second-order valence-electron chi connectivity index (χ2n) is 6.66. The van der Waals surface area contributed by atoms with Gasteiger partial charge in [-0.3, -0.25) is 9.59 Å². The number of carbonyl (C=O) groups is 3. The lowest BCUT2D eigenvalue weighted by Crippen LogP contribution is -2.46. The molecule has 0 unspecified atom stereocenters. The minimum atomic E-state index is -1.11. The maximum Gasteiger partial charge on any atom is 0.326 e. The molecule has 6 heteroatoms. The fourth-order valence-corrected chi connectivity index (χ4v) is 2.02. The standard InChI is InChI=1S/C17H24N2O4/c1-17(2,3)10-14(20)18-11-15(21)19-13(16(22)23)9-12-7-5-4-6-8-12/h4-8,13H,9-11H2,1-3H3,(H,18,20)(H,19,21)(H,22,23)/t13-/m1/s1. The molecular weight excluding hydrogens is 296 g/mol. The molecule has 1 aromatic rings. The Labute approximate surface area is 136 Å². The smallest absolute Gasteiger partial charge is 0.326 e. The van der Waals surface area contributed by atoms with Crippen LogP contribution in [0.5, 0.6) is 0 Å². The molecule has 0 saturated carbocycles. The number of carbonyl (C=O) groups excluding carboxylic acids is 2. The van der Waals surface area contributed by atoms with Gasteiger partial charge in [-0.05, 0) is 11.0 Å². The number of amides is 2. The van der Waals surface area contributed by atoms with Crippen LogP contribution in [-0.4, -0.2) is 35.5 Å². The fraction of sp³-hybridized carbons (Fsp3) is 0.471. The molecule has 0 spiro atoms. The van der Waals surface area contributed by atoms with E-state index in [9.17, 15) is 19.5 Å². The molecule has 0 aliphatic carbocycles. The average molecular weight is 320 g/mol. The van der Waals surface area contributed by atoms with Crippen molar-refractivity contribution < 1.29 is 19.5 Å². The third kappa shape index (κ3) is 7.99. The van der Waals surface area contributed by atoms with Gasteiger partial charge in [0.2, 0.25) is 11.8 Å². The predicted molar refractivity (Wildman–Crippen MR) is 86.8 cm³/mol. The molecule has 0 fully saturated rings. The molecule has 1 atom stereocenters. The van der Waals surface area contributed by atoms with E-state index in [1.165, 1.54) is 0 Å². The molecule has 1 aromatic carbocycles. The van der Waals surface area contributed by atoms with Crippen molar-refractivity contribution in [3.05, 3.63) is 35.9 Å². The van der Waals surface area contributed by atoms with Crippen molar-refractivity contribution in [1.82, 2.24) is 10.6 Å². The maximum atomic E-state index is 11.8. The quantitative estimate of drug-likeness (QED) is 0.706. The molecule has 3 N–H and O–H groups in total. The Bertz CT molecular complexity index is 549. The minimum absolute atomic E-state index is 0.169. The van der Waals surface area contributed by atoms with E-state index in [4.69, 9.17) is 0 Å². The summed E-state index contributed by atoms with van der Waals surface area (Å²) in [6, 6.07) is 8.03. The van der Waals surface area contributed by atoms with E-state index in [2.05, 4.69) is 10.6 Å². The summed E-state index contributed by atoms with van der Waals surface area (Å²) in [5.41, 5.74) is 0.647. The normalized spacial score (nSPS) is 12.3. The van der Waals surface area contributed by atoms with Crippen molar-refractivity contribution in [2.45, 2.75) is 39.7 Å². The molecule has 23 heavy (non-hydrogen) atoms. The van der Waals surface area contributed by atoms with Gasteiger partial charge in [0, 0.05) is 12.8 Å². The highest BCUT2D eigenvalue weighted by molar-refractivity contribution is 5.88. The van der Waals surface area contributed by atoms with Gasteiger partial charge in [-0.1, -0.05) is 51.1 Å². The van der Waals surface area contributed by atoms with E-state index in [0.29, 0.717) is 6.42 Å². The first kappa shape index (κ1) is 18.7. The Kier molecular flexibility index (Phi) is 6.75. The highest BCUT2D eigenvalue weighted by Crippen LogP contribution is 2.17. The van der Waals surface area contributed by atoms with Gasteiger partial charge in [0.05, 0.1) is 6.54 Å². The van der Waals surface area contributed by atoms with Gasteiger partial charge in [-0.25, -0.2) is 4.79 Å². The lowest BCUT2D eigenvalue weighted by Gasteiger charge is -2.18. The van der Waals surface area contributed by atoms with Crippen LogP contribution in [0.15, 0.2) is 30.3 Å². The third-order valence-corrected chi connectivity index (χ3v) is 3.05. The fourth-order valence-electron chi connectivity index (χ4n) is 2.02. The van der Waals surface area contributed by atoms with Gasteiger partial charge in [0.15, 0.2) is 0 Å². The third-order valence-electron chi connectivity index (χ3n) is 3.05. The predicted octanol–water partition coefficient (Wildman–Crippen LogP) is 1.35. The van der Waals surface area contributed by atoms with Gasteiger partial charge in [-0.2, -0.15) is 0 Å². The van der Waals surface area contributed by atoms with Crippen LogP contribution in [0.3, 0.4) is 0 Å². The number of rotatable bonds is 7. The van der Waals surface area contributed by atoms with Crippen LogP contribution in [0.4, 0.5) is 0 Å². The number of carboxylic acid groups (broad SMARTS) is 1. The van der Waals surface area contributed by atoms with Crippen LogP contribution in [0.25, 0.3) is 0 Å². The van der Waals surface area contributed by atoms with E-state index in [1.807, 2.05) is 39.0 Å². The average Bonchev–Trinajstić information content (AvgIpc) is 2.43. The number of carboxylic acids is 1. The molecular formula is C17H24N2O4. The summed E-state index contributed by atoms with van der Waals surface area (Å²) in [5.74, 6) is -1.86. The van der Waals surface area contributed by atoms with E-state index in [1.54, 1.807) is 12.1 Å². The second kappa shape index (κ2) is 8.31. The summed E-state index contributed by atoms with van der Waals surface area (Å²) in [4.78, 5) is 34.8. The number of nitrogens with one attached hydrogen (secondary N) is 2. The van der Waals surface area contributed by atoms with E-state index < -0.39 is 17.9 Å². The molecule has 126 valence electrons. The van der Waals surface area contributed by atoms with Crippen LogP contribution in [0.1, 0.15) is 32.8 Å². The van der Waals surface area contributed by atoms with E-state index in [0.717, 1.165) is 5.56 Å². The largest absolute Gasteiger partial charge is 0.480 e. The summed E-state index contributed by atoms with van der Waals surface area (Å²) in [6.45, 7) is 5.54. The Morgan fingerprint density at radius 3 is 2.22 bits per heavy atom. The molecule has 0 aliphatic heterocycles. The monoisotopic (exact) mass is 320 g/mol. The molecule has 1 rings (SSSR count). The molecule has 0 aliphatic rings. The molecule has 0 aromatic heterocycles. The van der Waals surface area contributed by atoms with E-state index in [-0.39, 0.29) is 24.3 Å². The Morgan fingerprint density at radius 2 is 1.70 bits per heavy atom. The zero-order valence-corrected chi connectivity index (χ0v) is 13.8. The number of hydrogen-bond acceptors (Lipinski definition) is 3.